The number of fused-ring (bicyclic) bond motifs is 1. The minimum absolute atomic E-state index is 0.0790. The van der Waals surface area contributed by atoms with Crippen LogP contribution in [0.4, 0.5) is 4.39 Å². The zero-order chi connectivity index (χ0) is 24.4. The molecule has 1 fully saturated rings. The van der Waals surface area contributed by atoms with Gasteiger partial charge < -0.3 is 19.0 Å². The van der Waals surface area contributed by atoms with E-state index < -0.39 is 17.5 Å². The van der Waals surface area contributed by atoms with Crippen molar-refractivity contribution >= 4 is 34.4 Å². The Kier molecular flexibility index (Phi) is 6.88. The number of ether oxygens (including phenoxy) is 1. The molecule has 1 saturated heterocycles. The molecule has 178 valence electrons. The first kappa shape index (κ1) is 23.8. The number of amides is 2. The first-order chi connectivity index (χ1) is 16.3. The molecule has 1 aromatic heterocycles. The predicted molar refractivity (Wildman–Crippen MR) is 126 cm³/mol. The molecule has 0 spiro atoms. The summed E-state index contributed by atoms with van der Waals surface area (Å²) in [6.45, 7) is 5.38. The average molecular weight is 487 g/mol. The molecule has 2 amide bonds. The van der Waals surface area contributed by atoms with Crippen molar-refractivity contribution in [3.8, 4) is 16.9 Å². The number of benzene rings is 2. The van der Waals surface area contributed by atoms with Crippen molar-refractivity contribution in [3.05, 3.63) is 63.7 Å². The van der Waals surface area contributed by atoms with E-state index in [2.05, 4.69) is 0 Å². The summed E-state index contributed by atoms with van der Waals surface area (Å²) in [5, 5.41) is 0.767. The Hall–Kier alpha value is -3.39. The normalized spacial score (nSPS) is 14.8. The van der Waals surface area contributed by atoms with Gasteiger partial charge in [-0.2, -0.15) is 0 Å². The van der Waals surface area contributed by atoms with E-state index in [0.717, 1.165) is 0 Å². The number of carbonyl (C=O) groups is 2. The molecule has 2 aromatic carbocycles. The summed E-state index contributed by atoms with van der Waals surface area (Å²) in [5.74, 6) is -0.222. The van der Waals surface area contributed by atoms with E-state index in [4.69, 9.17) is 20.8 Å². The van der Waals surface area contributed by atoms with Crippen LogP contribution >= 0.6 is 11.6 Å². The average Bonchev–Trinajstić information content (AvgIpc) is 2.82. The van der Waals surface area contributed by atoms with Gasteiger partial charge in [0.15, 0.2) is 6.10 Å². The fourth-order valence-electron chi connectivity index (χ4n) is 4.06. The second-order valence-electron chi connectivity index (χ2n) is 8.08. The quantitative estimate of drug-likeness (QED) is 0.507. The van der Waals surface area contributed by atoms with Crippen LogP contribution in [0.3, 0.4) is 0 Å². The number of hydrogen-bond acceptors (Lipinski definition) is 5. The summed E-state index contributed by atoms with van der Waals surface area (Å²) in [6, 6.07) is 10.2. The zero-order valence-corrected chi connectivity index (χ0v) is 19.6. The lowest BCUT2D eigenvalue weighted by atomic mass is 10.0. The van der Waals surface area contributed by atoms with Crippen LogP contribution in [0.25, 0.3) is 22.1 Å². The molecule has 0 bridgehead atoms. The minimum Gasteiger partial charge on any atom is -0.481 e. The lowest BCUT2D eigenvalue weighted by Gasteiger charge is -2.35. The van der Waals surface area contributed by atoms with E-state index in [1.54, 1.807) is 34.9 Å². The summed E-state index contributed by atoms with van der Waals surface area (Å²) < 4.78 is 24.7. The Bertz CT molecular complexity index is 1300. The SMILES string of the molecule is CCC(=O)N1CCN(C(=O)C(C)Oc2ccc3c(-c4ccc(F)cc4Cl)cc(=O)oc3c2)CC1. The van der Waals surface area contributed by atoms with Crippen LogP contribution in [0.2, 0.25) is 5.02 Å². The van der Waals surface area contributed by atoms with Crippen molar-refractivity contribution in [2.75, 3.05) is 26.2 Å². The molecule has 7 nitrogen and oxygen atoms in total. The van der Waals surface area contributed by atoms with Crippen LogP contribution in [0.1, 0.15) is 20.3 Å². The van der Waals surface area contributed by atoms with E-state index in [0.29, 0.717) is 54.9 Å². The van der Waals surface area contributed by atoms with E-state index in [-0.39, 0.29) is 22.4 Å². The number of hydrogen-bond donors (Lipinski definition) is 0. The fraction of sp³-hybridized carbons (Fsp3) is 0.320. The van der Waals surface area contributed by atoms with Crippen LogP contribution in [-0.4, -0.2) is 53.9 Å². The number of piperazine rings is 1. The molecule has 9 heteroatoms. The van der Waals surface area contributed by atoms with Gasteiger partial charge in [-0.25, -0.2) is 9.18 Å². The van der Waals surface area contributed by atoms with Gasteiger partial charge in [-0.3, -0.25) is 9.59 Å². The van der Waals surface area contributed by atoms with Gasteiger partial charge in [-0.15, -0.1) is 0 Å². The molecule has 0 aliphatic carbocycles. The smallest absolute Gasteiger partial charge is 0.336 e. The van der Waals surface area contributed by atoms with E-state index in [1.807, 2.05) is 6.92 Å². The molecular formula is C25H24ClFN2O5. The lowest BCUT2D eigenvalue weighted by molar-refractivity contribution is -0.143. The Morgan fingerprint density at radius 1 is 1.06 bits per heavy atom. The van der Waals surface area contributed by atoms with Gasteiger partial charge in [0.1, 0.15) is 17.1 Å². The van der Waals surface area contributed by atoms with Crippen LogP contribution in [0.15, 0.2) is 51.7 Å². The second-order valence-corrected chi connectivity index (χ2v) is 8.49. The molecule has 0 radical (unpaired) electrons. The van der Waals surface area contributed by atoms with E-state index in [9.17, 15) is 18.8 Å². The molecular weight excluding hydrogens is 463 g/mol. The number of halogens is 2. The van der Waals surface area contributed by atoms with E-state index in [1.165, 1.54) is 24.3 Å². The topological polar surface area (TPSA) is 80.1 Å². The molecule has 34 heavy (non-hydrogen) atoms. The zero-order valence-electron chi connectivity index (χ0n) is 18.8. The van der Waals surface area contributed by atoms with Crippen molar-refractivity contribution < 1.29 is 23.1 Å². The number of rotatable bonds is 5. The molecule has 4 rings (SSSR count). The number of carbonyl (C=O) groups excluding carboxylic acids is 2. The van der Waals surface area contributed by atoms with Gasteiger partial charge in [0.25, 0.3) is 5.91 Å². The number of nitrogens with zero attached hydrogens (tertiary/aromatic N) is 2. The molecule has 1 aliphatic heterocycles. The maximum atomic E-state index is 13.5. The van der Waals surface area contributed by atoms with Crippen molar-refractivity contribution in [2.45, 2.75) is 26.4 Å². The highest BCUT2D eigenvalue weighted by molar-refractivity contribution is 6.33. The first-order valence-electron chi connectivity index (χ1n) is 11.0. The highest BCUT2D eigenvalue weighted by atomic mass is 35.5. The highest BCUT2D eigenvalue weighted by Gasteiger charge is 2.27. The van der Waals surface area contributed by atoms with E-state index >= 15 is 0 Å². The summed E-state index contributed by atoms with van der Waals surface area (Å²) in [6.07, 6.45) is -0.326. The molecule has 1 unspecified atom stereocenters. The van der Waals surface area contributed by atoms with Gasteiger partial charge in [-0.1, -0.05) is 18.5 Å². The third-order valence-electron chi connectivity index (χ3n) is 5.84. The fourth-order valence-corrected chi connectivity index (χ4v) is 4.33. The summed E-state index contributed by atoms with van der Waals surface area (Å²) >= 11 is 6.20. The van der Waals surface area contributed by atoms with Gasteiger partial charge in [-0.05, 0) is 37.3 Å². The third-order valence-corrected chi connectivity index (χ3v) is 6.16. The van der Waals surface area contributed by atoms with Crippen LogP contribution in [0, 0.1) is 5.82 Å². The summed E-state index contributed by atoms with van der Waals surface area (Å²) in [7, 11) is 0. The van der Waals surface area contributed by atoms with Crippen molar-refractivity contribution in [2.24, 2.45) is 0 Å². The molecule has 1 aliphatic rings. The largest absolute Gasteiger partial charge is 0.481 e. The van der Waals surface area contributed by atoms with Crippen LogP contribution < -0.4 is 10.4 Å². The maximum absolute atomic E-state index is 13.5. The molecule has 2 heterocycles. The molecule has 0 N–H and O–H groups in total. The molecule has 0 saturated carbocycles. The summed E-state index contributed by atoms with van der Waals surface area (Å²) in [5.41, 5.74) is 0.667. The lowest BCUT2D eigenvalue weighted by Crippen LogP contribution is -2.53. The van der Waals surface area contributed by atoms with Gasteiger partial charge >= 0.3 is 5.63 Å². The third kappa shape index (κ3) is 4.92. The minimum atomic E-state index is -0.771. The van der Waals surface area contributed by atoms with Crippen molar-refractivity contribution in [1.29, 1.82) is 0 Å². The predicted octanol–water partition coefficient (Wildman–Crippen LogP) is 4.10. The second kappa shape index (κ2) is 9.85. The van der Waals surface area contributed by atoms with Crippen molar-refractivity contribution in [3.63, 3.8) is 0 Å². The van der Waals surface area contributed by atoms with Crippen molar-refractivity contribution in [1.82, 2.24) is 9.80 Å². The van der Waals surface area contributed by atoms with Gasteiger partial charge in [0.2, 0.25) is 5.91 Å². The molecule has 3 aromatic rings. The Morgan fingerprint density at radius 2 is 1.76 bits per heavy atom. The maximum Gasteiger partial charge on any atom is 0.336 e. The Balaban J connectivity index is 1.53. The Labute approximate surface area is 200 Å². The van der Waals surface area contributed by atoms with Crippen LogP contribution in [0.5, 0.6) is 5.75 Å². The highest BCUT2D eigenvalue weighted by Crippen LogP contribution is 2.34. The van der Waals surface area contributed by atoms with Gasteiger partial charge in [0, 0.05) is 61.2 Å². The summed E-state index contributed by atoms with van der Waals surface area (Å²) in [4.78, 5) is 40.3. The van der Waals surface area contributed by atoms with Gasteiger partial charge in [0.05, 0.1) is 5.02 Å². The standard InChI is InChI=1S/C25H24ClFN2O5/c1-3-23(30)28-8-10-29(11-9-28)25(32)15(2)33-17-5-7-19-20(14-24(31)34-22(19)13-17)18-6-4-16(27)12-21(18)26/h4-7,12-15H,3,8-11H2,1-2H3. The Morgan fingerprint density at radius 3 is 2.44 bits per heavy atom. The molecule has 1 atom stereocenters. The monoisotopic (exact) mass is 486 g/mol. The first-order valence-corrected chi connectivity index (χ1v) is 11.4. The van der Waals surface area contributed by atoms with Crippen LogP contribution in [-0.2, 0) is 9.59 Å².